The number of hydrogen-bond donors (Lipinski definition) is 0. The van der Waals surface area contributed by atoms with E-state index in [1.165, 1.54) is 4.90 Å². The fourth-order valence-electron chi connectivity index (χ4n) is 3.10. The van der Waals surface area contributed by atoms with Gasteiger partial charge in [-0.15, -0.1) is 0 Å². The summed E-state index contributed by atoms with van der Waals surface area (Å²) >= 11 is 0. The molecule has 7 heteroatoms. The Morgan fingerprint density at radius 1 is 1.25 bits per heavy atom. The number of amides is 1. The summed E-state index contributed by atoms with van der Waals surface area (Å²) in [5.41, 5.74) is 1.27. The molecule has 1 saturated heterocycles. The Morgan fingerprint density at radius 3 is 2.71 bits per heavy atom. The number of alkyl halides is 3. The monoisotopic (exact) mass is 337 g/mol. The van der Waals surface area contributed by atoms with Crippen molar-refractivity contribution < 1.29 is 18.0 Å². The first-order chi connectivity index (χ1) is 11.3. The molecular formula is C17H18F3N3O. The van der Waals surface area contributed by atoms with E-state index in [4.69, 9.17) is 0 Å². The fourth-order valence-corrected chi connectivity index (χ4v) is 3.10. The average Bonchev–Trinajstić information content (AvgIpc) is 2.54. The molecular weight excluding hydrogens is 319 g/mol. The molecule has 1 aliphatic heterocycles. The van der Waals surface area contributed by atoms with E-state index in [-0.39, 0.29) is 31.6 Å². The van der Waals surface area contributed by atoms with Crippen LogP contribution in [-0.2, 0) is 0 Å². The van der Waals surface area contributed by atoms with Crippen LogP contribution in [0.25, 0.3) is 10.9 Å². The lowest BCUT2D eigenvalue weighted by Crippen LogP contribution is -2.55. The number of nitrogens with zero attached hydrogens (tertiary/aromatic N) is 3. The molecule has 0 aliphatic carbocycles. The number of para-hydroxylation sites is 1. The van der Waals surface area contributed by atoms with Gasteiger partial charge in [0.05, 0.1) is 17.6 Å². The molecule has 1 aromatic heterocycles. The number of halogens is 3. The number of rotatable bonds is 2. The average molecular weight is 337 g/mol. The molecule has 1 amide bonds. The van der Waals surface area contributed by atoms with Gasteiger partial charge in [0, 0.05) is 37.3 Å². The van der Waals surface area contributed by atoms with Crippen LogP contribution in [0.4, 0.5) is 13.2 Å². The van der Waals surface area contributed by atoms with Crippen LogP contribution in [0, 0.1) is 0 Å². The molecule has 4 nitrogen and oxygen atoms in total. The summed E-state index contributed by atoms with van der Waals surface area (Å²) in [6.07, 6.45) is -2.64. The second-order valence-electron chi connectivity index (χ2n) is 6.06. The first-order valence-corrected chi connectivity index (χ1v) is 7.79. The molecule has 0 spiro atoms. The third-order valence-corrected chi connectivity index (χ3v) is 4.31. The highest BCUT2D eigenvalue weighted by Gasteiger charge is 2.36. The highest BCUT2D eigenvalue weighted by molar-refractivity contribution is 6.06. The quantitative estimate of drug-likeness (QED) is 0.845. The van der Waals surface area contributed by atoms with E-state index in [0.717, 1.165) is 10.9 Å². The molecule has 0 radical (unpaired) electrons. The van der Waals surface area contributed by atoms with Crippen molar-refractivity contribution in [2.24, 2.45) is 0 Å². The zero-order valence-electron chi connectivity index (χ0n) is 13.3. The van der Waals surface area contributed by atoms with Gasteiger partial charge in [-0.2, -0.15) is 13.2 Å². The molecule has 2 aromatic rings. The smallest absolute Gasteiger partial charge is 0.336 e. The predicted molar refractivity (Wildman–Crippen MR) is 84.7 cm³/mol. The van der Waals surface area contributed by atoms with Crippen molar-refractivity contribution in [1.82, 2.24) is 14.8 Å². The Labute approximate surface area is 137 Å². The summed E-state index contributed by atoms with van der Waals surface area (Å²) in [6.45, 7) is 1.57. The van der Waals surface area contributed by atoms with E-state index < -0.39 is 12.7 Å². The van der Waals surface area contributed by atoms with Crippen LogP contribution >= 0.6 is 0 Å². The maximum Gasteiger partial charge on any atom is 0.401 e. The third-order valence-electron chi connectivity index (χ3n) is 4.31. The summed E-state index contributed by atoms with van der Waals surface area (Å²) in [6, 6.07) is 8.68. The van der Waals surface area contributed by atoms with E-state index in [1.807, 2.05) is 24.3 Å². The van der Waals surface area contributed by atoms with Gasteiger partial charge < -0.3 is 4.90 Å². The van der Waals surface area contributed by atoms with Crippen molar-refractivity contribution in [3.05, 3.63) is 42.1 Å². The number of carbonyl (C=O) groups excluding carboxylic acids is 1. The predicted octanol–water partition coefficient (Wildman–Crippen LogP) is 2.94. The minimum Gasteiger partial charge on any atom is -0.336 e. The molecule has 0 bridgehead atoms. The Hall–Kier alpha value is -2.15. The maximum atomic E-state index is 12.8. The summed E-state index contributed by atoms with van der Waals surface area (Å²) in [4.78, 5) is 20.0. The lowest BCUT2D eigenvalue weighted by molar-refractivity contribution is -0.153. The number of fused-ring (bicyclic) bond motifs is 1. The number of piperazine rings is 1. The van der Waals surface area contributed by atoms with Crippen molar-refractivity contribution >= 4 is 16.8 Å². The minimum atomic E-state index is -4.22. The van der Waals surface area contributed by atoms with Gasteiger partial charge in [0.1, 0.15) is 0 Å². The molecule has 2 heterocycles. The molecule has 0 saturated carbocycles. The van der Waals surface area contributed by atoms with Crippen molar-refractivity contribution in [1.29, 1.82) is 0 Å². The Bertz CT molecular complexity index is 742. The van der Waals surface area contributed by atoms with Crippen LogP contribution in [0.1, 0.15) is 17.3 Å². The Kier molecular flexibility index (Phi) is 4.45. The number of hydrogen-bond acceptors (Lipinski definition) is 3. The zero-order chi connectivity index (χ0) is 17.3. The topological polar surface area (TPSA) is 36.4 Å². The number of benzene rings is 1. The van der Waals surface area contributed by atoms with Crippen LogP contribution < -0.4 is 0 Å². The van der Waals surface area contributed by atoms with Crippen LogP contribution in [0.2, 0.25) is 0 Å². The van der Waals surface area contributed by atoms with Crippen LogP contribution in [-0.4, -0.2) is 59.1 Å². The van der Waals surface area contributed by atoms with Crippen molar-refractivity contribution in [2.45, 2.75) is 19.1 Å². The lowest BCUT2D eigenvalue weighted by atomic mass is 10.1. The number of pyridine rings is 1. The molecule has 1 fully saturated rings. The minimum absolute atomic E-state index is 0.160. The summed E-state index contributed by atoms with van der Waals surface area (Å²) in [5.74, 6) is -0.160. The van der Waals surface area contributed by atoms with E-state index in [0.29, 0.717) is 5.56 Å². The van der Waals surface area contributed by atoms with E-state index in [9.17, 15) is 18.0 Å². The normalized spacial score (nSPS) is 19.7. The molecule has 128 valence electrons. The molecule has 1 unspecified atom stereocenters. The molecule has 0 N–H and O–H groups in total. The largest absolute Gasteiger partial charge is 0.401 e. The molecule has 3 rings (SSSR count). The first kappa shape index (κ1) is 16.7. The second-order valence-corrected chi connectivity index (χ2v) is 6.06. The SMILES string of the molecule is CC1CN(C(=O)c2ccnc3ccccc23)CCN1CC(F)(F)F. The third kappa shape index (κ3) is 3.51. The van der Waals surface area contributed by atoms with Crippen LogP contribution in [0.3, 0.4) is 0 Å². The van der Waals surface area contributed by atoms with Gasteiger partial charge in [-0.3, -0.25) is 14.7 Å². The summed E-state index contributed by atoms with van der Waals surface area (Å²) < 4.78 is 37.7. The van der Waals surface area contributed by atoms with Gasteiger partial charge in [0.2, 0.25) is 0 Å². The summed E-state index contributed by atoms with van der Waals surface area (Å²) in [7, 11) is 0. The second kappa shape index (κ2) is 6.39. The van der Waals surface area contributed by atoms with Gasteiger partial charge in [-0.25, -0.2) is 0 Å². The lowest BCUT2D eigenvalue weighted by Gasteiger charge is -2.40. The molecule has 24 heavy (non-hydrogen) atoms. The number of carbonyl (C=O) groups is 1. The van der Waals surface area contributed by atoms with Gasteiger partial charge in [0.25, 0.3) is 5.91 Å². The van der Waals surface area contributed by atoms with Crippen molar-refractivity contribution in [3.8, 4) is 0 Å². The van der Waals surface area contributed by atoms with Crippen LogP contribution in [0.5, 0.6) is 0 Å². The fraction of sp³-hybridized carbons (Fsp3) is 0.412. The van der Waals surface area contributed by atoms with Gasteiger partial charge in [-0.05, 0) is 19.1 Å². The Morgan fingerprint density at radius 2 is 2.00 bits per heavy atom. The van der Waals surface area contributed by atoms with Gasteiger partial charge >= 0.3 is 6.18 Å². The molecule has 1 atom stereocenters. The van der Waals surface area contributed by atoms with Gasteiger partial charge in [-0.1, -0.05) is 18.2 Å². The van der Waals surface area contributed by atoms with Crippen LogP contribution in [0.15, 0.2) is 36.5 Å². The van der Waals surface area contributed by atoms with Gasteiger partial charge in [0.15, 0.2) is 0 Å². The highest BCUT2D eigenvalue weighted by atomic mass is 19.4. The Balaban J connectivity index is 1.77. The zero-order valence-corrected chi connectivity index (χ0v) is 13.3. The van der Waals surface area contributed by atoms with E-state index in [2.05, 4.69) is 4.98 Å². The molecule has 1 aliphatic rings. The highest BCUT2D eigenvalue weighted by Crippen LogP contribution is 2.23. The molecule has 1 aromatic carbocycles. The van der Waals surface area contributed by atoms with Crippen molar-refractivity contribution in [2.75, 3.05) is 26.2 Å². The maximum absolute atomic E-state index is 12.8. The number of aromatic nitrogens is 1. The van der Waals surface area contributed by atoms with Crippen molar-refractivity contribution in [3.63, 3.8) is 0 Å². The standard InChI is InChI=1S/C17H18F3N3O/c1-12-10-22(8-9-23(12)11-17(18,19)20)16(24)14-6-7-21-15-5-3-2-4-13(14)15/h2-7,12H,8-11H2,1H3. The van der Waals surface area contributed by atoms with E-state index >= 15 is 0 Å². The van der Waals surface area contributed by atoms with E-state index in [1.54, 1.807) is 24.1 Å². The first-order valence-electron chi connectivity index (χ1n) is 7.79. The summed E-state index contributed by atoms with van der Waals surface area (Å²) in [5, 5.41) is 0.760.